The third-order valence-electron chi connectivity index (χ3n) is 5.76. The molecule has 2 bridgehead atoms. The zero-order chi connectivity index (χ0) is 17.2. The van der Waals surface area contributed by atoms with Gasteiger partial charge in [0, 0.05) is 38.3 Å². The largest absolute Gasteiger partial charge is 0.491 e. The van der Waals surface area contributed by atoms with Gasteiger partial charge >= 0.3 is 0 Å². The number of nitriles is 2. The molecule has 2 atom stereocenters. The highest BCUT2D eigenvalue weighted by Gasteiger charge is 2.40. The van der Waals surface area contributed by atoms with Crippen LogP contribution < -0.4 is 4.74 Å². The highest BCUT2D eigenvalue weighted by molar-refractivity contribution is 5.48. The summed E-state index contributed by atoms with van der Waals surface area (Å²) in [6.07, 6.45) is 5.45. The quantitative estimate of drug-likeness (QED) is 0.798. The normalized spacial score (nSPS) is 26.2. The highest BCUT2D eigenvalue weighted by Crippen LogP contribution is 2.34. The SMILES string of the molecule is N#Cc1ccc(OCCN2C3CCC2CN(CC2CC2)C3)c(C#N)c1. The summed E-state index contributed by atoms with van der Waals surface area (Å²) in [6.45, 7) is 5.21. The van der Waals surface area contributed by atoms with Gasteiger partial charge in [0.2, 0.25) is 0 Å². The van der Waals surface area contributed by atoms with Gasteiger partial charge in [-0.05, 0) is 49.8 Å². The minimum atomic E-state index is 0.441. The maximum atomic E-state index is 9.23. The minimum absolute atomic E-state index is 0.441. The van der Waals surface area contributed by atoms with E-state index in [9.17, 15) is 5.26 Å². The molecule has 2 unspecified atom stereocenters. The van der Waals surface area contributed by atoms with E-state index in [-0.39, 0.29) is 0 Å². The van der Waals surface area contributed by atoms with Crippen LogP contribution >= 0.6 is 0 Å². The van der Waals surface area contributed by atoms with Gasteiger partial charge in [-0.1, -0.05) is 0 Å². The summed E-state index contributed by atoms with van der Waals surface area (Å²) in [5.74, 6) is 1.55. The molecule has 3 aliphatic rings. The fraction of sp³-hybridized carbons (Fsp3) is 0.600. The van der Waals surface area contributed by atoms with Crippen LogP contribution in [0.3, 0.4) is 0 Å². The van der Waals surface area contributed by atoms with Crippen molar-refractivity contribution in [2.75, 3.05) is 32.8 Å². The number of piperazine rings is 1. The van der Waals surface area contributed by atoms with Crippen molar-refractivity contribution in [2.45, 2.75) is 37.8 Å². The first-order chi connectivity index (χ1) is 12.3. The van der Waals surface area contributed by atoms with E-state index in [1.54, 1.807) is 18.2 Å². The van der Waals surface area contributed by atoms with Crippen LogP contribution in [0.5, 0.6) is 5.75 Å². The van der Waals surface area contributed by atoms with Crippen molar-refractivity contribution in [1.29, 1.82) is 10.5 Å². The zero-order valence-corrected chi connectivity index (χ0v) is 14.5. The molecule has 5 nitrogen and oxygen atoms in total. The molecule has 0 N–H and O–H groups in total. The number of benzene rings is 1. The molecule has 2 aliphatic heterocycles. The fourth-order valence-electron chi connectivity index (χ4n) is 4.33. The van der Waals surface area contributed by atoms with Crippen LogP contribution in [0.1, 0.15) is 36.8 Å². The maximum absolute atomic E-state index is 9.23. The Kier molecular flexibility index (Phi) is 4.61. The van der Waals surface area contributed by atoms with Gasteiger partial charge < -0.3 is 4.74 Å². The van der Waals surface area contributed by atoms with E-state index >= 15 is 0 Å². The summed E-state index contributed by atoms with van der Waals surface area (Å²) in [5.41, 5.74) is 0.935. The summed E-state index contributed by atoms with van der Waals surface area (Å²) in [4.78, 5) is 5.28. The van der Waals surface area contributed by atoms with Gasteiger partial charge in [0.15, 0.2) is 0 Å². The molecule has 1 aliphatic carbocycles. The lowest BCUT2D eigenvalue weighted by atomic mass is 10.1. The number of likely N-dealkylation sites (tertiary alicyclic amines) is 1. The maximum Gasteiger partial charge on any atom is 0.137 e. The van der Waals surface area contributed by atoms with Crippen molar-refractivity contribution < 1.29 is 4.74 Å². The molecule has 2 heterocycles. The van der Waals surface area contributed by atoms with E-state index in [2.05, 4.69) is 21.9 Å². The first kappa shape index (κ1) is 16.4. The molecule has 1 aromatic rings. The predicted octanol–water partition coefficient (Wildman–Crippen LogP) is 2.37. The van der Waals surface area contributed by atoms with Crippen LogP contribution in [0, 0.1) is 28.6 Å². The molecule has 25 heavy (non-hydrogen) atoms. The van der Waals surface area contributed by atoms with Gasteiger partial charge in [-0.15, -0.1) is 0 Å². The summed E-state index contributed by atoms with van der Waals surface area (Å²) >= 11 is 0. The minimum Gasteiger partial charge on any atom is -0.491 e. The van der Waals surface area contributed by atoms with Crippen molar-refractivity contribution in [3.05, 3.63) is 29.3 Å². The molecular weight excluding hydrogens is 312 g/mol. The average Bonchev–Trinajstić information content (AvgIpc) is 3.41. The number of nitrogens with zero attached hydrogens (tertiary/aromatic N) is 4. The van der Waals surface area contributed by atoms with E-state index in [0.717, 1.165) is 12.5 Å². The Labute approximate surface area is 149 Å². The zero-order valence-electron chi connectivity index (χ0n) is 14.5. The standard InChI is InChI=1S/C20H24N4O/c21-10-16-3-6-20(17(9-16)11-22)25-8-7-24-18-4-5-19(24)14-23(13-18)12-15-1-2-15/h3,6,9,15,18-19H,1-2,4-5,7-8,12-14H2. The highest BCUT2D eigenvalue weighted by atomic mass is 16.5. The predicted molar refractivity (Wildman–Crippen MR) is 94.0 cm³/mol. The van der Waals surface area contributed by atoms with E-state index in [0.29, 0.717) is 35.6 Å². The summed E-state index contributed by atoms with van der Waals surface area (Å²) < 4.78 is 5.87. The molecular formula is C20H24N4O. The molecule has 3 fully saturated rings. The van der Waals surface area contributed by atoms with Gasteiger partial charge in [0.1, 0.15) is 18.4 Å². The summed E-state index contributed by atoms with van der Waals surface area (Å²) in [5, 5.41) is 18.2. The van der Waals surface area contributed by atoms with Crippen molar-refractivity contribution in [1.82, 2.24) is 9.80 Å². The van der Waals surface area contributed by atoms with Crippen LogP contribution in [-0.4, -0.2) is 54.7 Å². The lowest BCUT2D eigenvalue weighted by molar-refractivity contribution is 0.0538. The molecule has 5 heteroatoms. The molecule has 0 aromatic heterocycles. The Hall–Kier alpha value is -2.08. The Morgan fingerprint density at radius 3 is 2.44 bits per heavy atom. The van der Waals surface area contributed by atoms with E-state index in [4.69, 9.17) is 10.00 Å². The van der Waals surface area contributed by atoms with E-state index in [1.165, 1.54) is 45.3 Å². The van der Waals surface area contributed by atoms with Crippen molar-refractivity contribution in [3.8, 4) is 17.9 Å². The first-order valence-electron chi connectivity index (χ1n) is 9.32. The number of hydrogen-bond donors (Lipinski definition) is 0. The monoisotopic (exact) mass is 336 g/mol. The molecule has 1 aromatic carbocycles. The van der Waals surface area contributed by atoms with Crippen LogP contribution in [-0.2, 0) is 0 Å². The van der Waals surface area contributed by atoms with Gasteiger partial charge in [0.25, 0.3) is 0 Å². The first-order valence-corrected chi connectivity index (χ1v) is 9.32. The van der Waals surface area contributed by atoms with Crippen molar-refractivity contribution >= 4 is 0 Å². The van der Waals surface area contributed by atoms with Crippen LogP contribution in [0.2, 0.25) is 0 Å². The fourth-order valence-corrected chi connectivity index (χ4v) is 4.33. The third-order valence-corrected chi connectivity index (χ3v) is 5.76. The van der Waals surface area contributed by atoms with Gasteiger partial charge in [-0.2, -0.15) is 10.5 Å². The topological polar surface area (TPSA) is 63.3 Å². The Morgan fingerprint density at radius 2 is 1.80 bits per heavy atom. The molecule has 0 spiro atoms. The third kappa shape index (κ3) is 3.63. The average molecular weight is 336 g/mol. The Bertz CT molecular complexity index is 701. The number of rotatable bonds is 6. The number of fused-ring (bicyclic) bond motifs is 2. The van der Waals surface area contributed by atoms with Crippen LogP contribution in [0.15, 0.2) is 18.2 Å². The lowest BCUT2D eigenvalue weighted by Crippen LogP contribution is -2.54. The second kappa shape index (κ2) is 7.04. The second-order valence-electron chi connectivity index (χ2n) is 7.57. The van der Waals surface area contributed by atoms with Crippen molar-refractivity contribution in [2.24, 2.45) is 5.92 Å². The smallest absolute Gasteiger partial charge is 0.137 e. The van der Waals surface area contributed by atoms with E-state index < -0.39 is 0 Å². The van der Waals surface area contributed by atoms with E-state index in [1.807, 2.05) is 0 Å². The molecule has 1 saturated carbocycles. The van der Waals surface area contributed by atoms with Gasteiger partial charge in [-0.25, -0.2) is 0 Å². The second-order valence-corrected chi connectivity index (χ2v) is 7.57. The van der Waals surface area contributed by atoms with Gasteiger partial charge in [0.05, 0.1) is 17.2 Å². The van der Waals surface area contributed by atoms with Crippen LogP contribution in [0.4, 0.5) is 0 Å². The molecule has 0 amide bonds. The number of ether oxygens (including phenoxy) is 1. The number of hydrogen-bond acceptors (Lipinski definition) is 5. The molecule has 4 rings (SSSR count). The van der Waals surface area contributed by atoms with Crippen molar-refractivity contribution in [3.63, 3.8) is 0 Å². The lowest BCUT2D eigenvalue weighted by Gasteiger charge is -2.41. The Balaban J connectivity index is 1.31. The van der Waals surface area contributed by atoms with Gasteiger partial charge in [-0.3, -0.25) is 9.80 Å². The molecule has 0 radical (unpaired) electrons. The Morgan fingerprint density at radius 1 is 1.04 bits per heavy atom. The summed E-state index contributed by atoms with van der Waals surface area (Å²) in [6, 6.07) is 10.5. The summed E-state index contributed by atoms with van der Waals surface area (Å²) in [7, 11) is 0. The van der Waals surface area contributed by atoms with Crippen LogP contribution in [0.25, 0.3) is 0 Å². The molecule has 2 saturated heterocycles. The molecule has 130 valence electrons.